The zero-order chi connectivity index (χ0) is 22.6. The quantitative estimate of drug-likeness (QED) is 0.608. The normalized spacial score (nSPS) is 15.2. The molecule has 1 amide bonds. The average Bonchev–Trinajstić information content (AvgIpc) is 3.00. The molecule has 1 heterocycles. The Balaban J connectivity index is 1.71. The number of aryl methyl sites for hydroxylation is 1. The molecule has 1 aromatic carbocycles. The molecule has 1 aliphatic carbocycles. The molecule has 0 spiro atoms. The number of carbonyl (C=O) groups excluding carboxylic acids is 1. The largest absolute Gasteiger partial charge is 0.494 e. The van der Waals surface area contributed by atoms with Gasteiger partial charge in [0, 0.05) is 35.3 Å². The monoisotopic (exact) mass is 445 g/mol. The lowest BCUT2D eigenvalue weighted by Gasteiger charge is -2.26. The van der Waals surface area contributed by atoms with Crippen molar-refractivity contribution >= 4 is 33.4 Å². The van der Waals surface area contributed by atoms with E-state index in [9.17, 15) is 13.2 Å². The van der Waals surface area contributed by atoms with E-state index in [1.807, 2.05) is 6.08 Å². The summed E-state index contributed by atoms with van der Waals surface area (Å²) in [5, 5.41) is 2.79. The Morgan fingerprint density at radius 3 is 2.52 bits per heavy atom. The molecule has 8 heteroatoms. The number of rotatable bonds is 7. The summed E-state index contributed by atoms with van der Waals surface area (Å²) < 4.78 is 32.9. The van der Waals surface area contributed by atoms with Gasteiger partial charge < -0.3 is 14.6 Å². The maximum Gasteiger partial charge on any atom is 0.248 e. The van der Waals surface area contributed by atoms with Crippen LogP contribution in [0.25, 0.3) is 6.08 Å². The number of sulfonamides is 1. The van der Waals surface area contributed by atoms with Gasteiger partial charge in [-0.1, -0.05) is 19.3 Å². The first-order chi connectivity index (χ1) is 14.7. The van der Waals surface area contributed by atoms with Gasteiger partial charge in [0.25, 0.3) is 0 Å². The van der Waals surface area contributed by atoms with Gasteiger partial charge in [0.15, 0.2) is 0 Å². The smallest absolute Gasteiger partial charge is 0.248 e. The number of nitrogens with zero attached hydrogens (tertiary/aromatic N) is 1. The number of amides is 1. The third kappa shape index (κ3) is 5.91. The van der Waals surface area contributed by atoms with Crippen molar-refractivity contribution in [1.29, 1.82) is 0 Å². The molecular formula is C23H31N3O4S. The van der Waals surface area contributed by atoms with Crippen LogP contribution in [-0.4, -0.2) is 32.3 Å². The third-order valence-corrected chi connectivity index (χ3v) is 6.23. The highest BCUT2D eigenvalue weighted by Gasteiger charge is 2.19. The van der Waals surface area contributed by atoms with Gasteiger partial charge >= 0.3 is 0 Å². The van der Waals surface area contributed by atoms with Crippen LogP contribution in [0.3, 0.4) is 0 Å². The van der Waals surface area contributed by atoms with Crippen molar-refractivity contribution in [1.82, 2.24) is 4.57 Å². The number of ether oxygens (including phenoxy) is 1. The SMILES string of the molecule is COc1cc(NC(=O)/C=C/c2cc(C)n(C3CCCCC3)c2C)ccc1NS(C)(=O)=O. The summed E-state index contributed by atoms with van der Waals surface area (Å²) in [6.07, 6.45) is 10.7. The minimum atomic E-state index is -3.43. The molecule has 3 rings (SSSR count). The Bertz CT molecular complexity index is 1080. The standard InChI is InChI=1S/C23H31N3O4S/c1-16-14-18(17(2)26(16)20-8-6-5-7-9-20)10-13-23(27)24-19-11-12-21(22(15-19)30-3)25-31(4,28)29/h10-15,20,25H,5-9H2,1-4H3,(H,24,27)/b13-10+. The van der Waals surface area contributed by atoms with E-state index >= 15 is 0 Å². The third-order valence-electron chi connectivity index (χ3n) is 5.64. The second kappa shape index (κ2) is 9.60. The minimum absolute atomic E-state index is 0.270. The summed E-state index contributed by atoms with van der Waals surface area (Å²) in [5.41, 5.74) is 4.28. The lowest BCUT2D eigenvalue weighted by atomic mass is 9.95. The first kappa shape index (κ1) is 22.9. The molecule has 0 atom stereocenters. The van der Waals surface area contributed by atoms with Gasteiger partial charge in [-0.15, -0.1) is 0 Å². The summed E-state index contributed by atoms with van der Waals surface area (Å²) in [6, 6.07) is 7.43. The van der Waals surface area contributed by atoms with Crippen molar-refractivity contribution in [3.63, 3.8) is 0 Å². The van der Waals surface area contributed by atoms with Gasteiger partial charge in [-0.25, -0.2) is 8.42 Å². The van der Waals surface area contributed by atoms with E-state index in [0.29, 0.717) is 23.2 Å². The van der Waals surface area contributed by atoms with Crippen LogP contribution in [0.1, 0.15) is 55.1 Å². The van der Waals surface area contributed by atoms with E-state index in [0.717, 1.165) is 11.8 Å². The Labute approximate surface area is 184 Å². The number of aromatic nitrogens is 1. The average molecular weight is 446 g/mol. The molecule has 1 saturated carbocycles. The lowest BCUT2D eigenvalue weighted by molar-refractivity contribution is -0.111. The fourth-order valence-corrected chi connectivity index (χ4v) is 4.84. The van der Waals surface area contributed by atoms with E-state index in [1.165, 1.54) is 56.7 Å². The Morgan fingerprint density at radius 2 is 1.87 bits per heavy atom. The second-order valence-corrected chi connectivity index (χ2v) is 9.85. The molecule has 168 valence electrons. The number of hydrogen-bond acceptors (Lipinski definition) is 4. The van der Waals surface area contributed by atoms with E-state index < -0.39 is 10.0 Å². The van der Waals surface area contributed by atoms with Gasteiger partial charge in [-0.3, -0.25) is 9.52 Å². The number of methoxy groups -OCH3 is 1. The van der Waals surface area contributed by atoms with Crippen molar-refractivity contribution in [2.45, 2.75) is 52.0 Å². The van der Waals surface area contributed by atoms with E-state index in [-0.39, 0.29) is 5.91 Å². The predicted octanol–water partition coefficient (Wildman–Crippen LogP) is 4.64. The fraction of sp³-hybridized carbons (Fsp3) is 0.435. The summed E-state index contributed by atoms with van der Waals surface area (Å²) >= 11 is 0. The van der Waals surface area contributed by atoms with Crippen molar-refractivity contribution in [2.75, 3.05) is 23.4 Å². The highest BCUT2D eigenvalue weighted by atomic mass is 32.2. The molecule has 0 saturated heterocycles. The zero-order valence-corrected chi connectivity index (χ0v) is 19.4. The maximum absolute atomic E-state index is 12.4. The molecule has 7 nitrogen and oxygen atoms in total. The molecule has 0 aliphatic heterocycles. The minimum Gasteiger partial charge on any atom is -0.494 e. The number of nitrogens with one attached hydrogen (secondary N) is 2. The Hall–Kier alpha value is -2.74. The molecule has 1 aromatic heterocycles. The molecule has 0 radical (unpaired) electrons. The lowest BCUT2D eigenvalue weighted by Crippen LogP contribution is -2.15. The number of carbonyl (C=O) groups is 1. The Morgan fingerprint density at radius 1 is 1.16 bits per heavy atom. The predicted molar refractivity (Wildman–Crippen MR) is 125 cm³/mol. The fourth-order valence-electron chi connectivity index (χ4n) is 4.27. The first-order valence-corrected chi connectivity index (χ1v) is 12.4. The molecule has 1 fully saturated rings. The van der Waals surface area contributed by atoms with Crippen LogP contribution >= 0.6 is 0 Å². The van der Waals surface area contributed by atoms with Crippen LogP contribution in [0.15, 0.2) is 30.3 Å². The number of hydrogen-bond donors (Lipinski definition) is 2. The molecular weight excluding hydrogens is 414 g/mol. The van der Waals surface area contributed by atoms with Crippen molar-refractivity contribution < 1.29 is 17.9 Å². The topological polar surface area (TPSA) is 89.4 Å². The number of anilines is 2. The van der Waals surface area contributed by atoms with E-state index in [4.69, 9.17) is 4.74 Å². The zero-order valence-electron chi connectivity index (χ0n) is 18.6. The highest BCUT2D eigenvalue weighted by molar-refractivity contribution is 7.92. The van der Waals surface area contributed by atoms with Gasteiger partial charge in [0.2, 0.25) is 15.9 Å². The van der Waals surface area contributed by atoms with Crippen LogP contribution in [0.5, 0.6) is 5.75 Å². The molecule has 0 unspecified atom stereocenters. The molecule has 0 bridgehead atoms. The van der Waals surface area contributed by atoms with Crippen molar-refractivity contribution in [3.8, 4) is 5.75 Å². The van der Waals surface area contributed by atoms with E-state index in [2.05, 4.69) is 34.5 Å². The van der Waals surface area contributed by atoms with Gasteiger partial charge in [0.05, 0.1) is 19.1 Å². The second-order valence-electron chi connectivity index (χ2n) is 8.10. The van der Waals surface area contributed by atoms with E-state index in [1.54, 1.807) is 18.2 Å². The van der Waals surface area contributed by atoms with Crippen LogP contribution in [0.2, 0.25) is 0 Å². The summed E-state index contributed by atoms with van der Waals surface area (Å²) in [7, 11) is -1.99. The van der Waals surface area contributed by atoms with Crippen LogP contribution < -0.4 is 14.8 Å². The van der Waals surface area contributed by atoms with Gasteiger partial charge in [-0.05, 0) is 56.5 Å². The van der Waals surface area contributed by atoms with Gasteiger partial charge in [0.1, 0.15) is 5.75 Å². The number of benzene rings is 1. The first-order valence-electron chi connectivity index (χ1n) is 10.5. The maximum atomic E-state index is 12.4. The molecule has 31 heavy (non-hydrogen) atoms. The molecule has 2 aromatic rings. The summed E-state index contributed by atoms with van der Waals surface area (Å²) in [6.45, 7) is 4.23. The van der Waals surface area contributed by atoms with Gasteiger partial charge in [-0.2, -0.15) is 0 Å². The van der Waals surface area contributed by atoms with Crippen LogP contribution in [0, 0.1) is 13.8 Å². The summed E-state index contributed by atoms with van der Waals surface area (Å²) in [5.74, 6) is 0.0524. The van der Waals surface area contributed by atoms with Crippen molar-refractivity contribution in [2.24, 2.45) is 0 Å². The van der Waals surface area contributed by atoms with Crippen LogP contribution in [-0.2, 0) is 14.8 Å². The molecule has 1 aliphatic rings. The van der Waals surface area contributed by atoms with Crippen LogP contribution in [0.4, 0.5) is 11.4 Å². The highest BCUT2D eigenvalue weighted by Crippen LogP contribution is 2.32. The van der Waals surface area contributed by atoms with Crippen molar-refractivity contribution in [3.05, 3.63) is 47.3 Å². The Kier molecular flexibility index (Phi) is 7.10. The molecule has 2 N–H and O–H groups in total. The summed E-state index contributed by atoms with van der Waals surface area (Å²) in [4.78, 5) is 12.4.